The highest BCUT2D eigenvalue weighted by Gasteiger charge is 2.20. The van der Waals surface area contributed by atoms with Gasteiger partial charge in [-0.3, -0.25) is 4.98 Å². The van der Waals surface area contributed by atoms with Gasteiger partial charge in [-0.05, 0) is 33.4 Å². The van der Waals surface area contributed by atoms with E-state index < -0.39 is 12.1 Å². The molecular weight excluding hydrogens is 306 g/mol. The number of rotatable bonds is 3. The van der Waals surface area contributed by atoms with Crippen LogP contribution in [0, 0.1) is 0 Å². The number of hydrogen-bond donors (Lipinski definition) is 2. The first-order valence-electron chi connectivity index (χ1n) is 4.69. The lowest BCUT2D eigenvalue weighted by molar-refractivity contribution is 0.0692. The second-order valence-electron chi connectivity index (χ2n) is 3.34. The second-order valence-corrected chi connectivity index (χ2v) is 5.21. The predicted molar refractivity (Wildman–Crippen MR) is 67.3 cm³/mol. The number of carboxylic acids is 1. The van der Waals surface area contributed by atoms with Crippen molar-refractivity contribution in [2.24, 2.45) is 0 Å². The van der Waals surface area contributed by atoms with Crippen LogP contribution in [0.4, 0.5) is 0 Å². The third-order valence-electron chi connectivity index (χ3n) is 2.22. The lowest BCUT2D eigenvalue weighted by Crippen LogP contribution is -2.05. The van der Waals surface area contributed by atoms with Crippen LogP contribution in [0.25, 0.3) is 0 Å². The number of carboxylic acid groups (broad SMARTS) is 1. The van der Waals surface area contributed by atoms with E-state index in [0.29, 0.717) is 10.4 Å². The summed E-state index contributed by atoms with van der Waals surface area (Å²) in [6, 6.07) is 3.19. The Morgan fingerprint density at radius 3 is 2.88 bits per heavy atom. The van der Waals surface area contributed by atoms with E-state index in [0.717, 1.165) is 4.47 Å². The molecule has 0 aliphatic rings. The number of carbonyl (C=O) groups is 1. The zero-order chi connectivity index (χ0) is 12.4. The van der Waals surface area contributed by atoms with Gasteiger partial charge in [-0.25, -0.2) is 4.79 Å². The van der Waals surface area contributed by atoms with Gasteiger partial charge in [0.2, 0.25) is 0 Å². The van der Waals surface area contributed by atoms with Crippen LogP contribution in [-0.4, -0.2) is 21.2 Å². The van der Waals surface area contributed by atoms with Crippen molar-refractivity contribution in [3.63, 3.8) is 0 Å². The number of aliphatic hydroxyl groups excluding tert-OH is 1. The summed E-state index contributed by atoms with van der Waals surface area (Å²) >= 11 is 4.47. The van der Waals surface area contributed by atoms with Gasteiger partial charge in [-0.1, -0.05) is 0 Å². The number of nitrogens with zero attached hydrogens (tertiary/aromatic N) is 1. The second kappa shape index (κ2) is 4.95. The lowest BCUT2D eigenvalue weighted by Gasteiger charge is -2.10. The molecule has 0 saturated carbocycles. The number of hydrogen-bond acceptors (Lipinski definition) is 4. The van der Waals surface area contributed by atoms with Gasteiger partial charge >= 0.3 is 5.97 Å². The first-order chi connectivity index (χ1) is 8.09. The van der Waals surface area contributed by atoms with Crippen molar-refractivity contribution in [1.82, 2.24) is 4.98 Å². The SMILES string of the molecule is O=C(O)c1ccsc1C(O)c1cncc(Br)c1. The number of thiophene rings is 1. The molecule has 1 atom stereocenters. The van der Waals surface area contributed by atoms with Crippen LogP contribution in [0.5, 0.6) is 0 Å². The Bertz CT molecular complexity index is 555. The minimum atomic E-state index is -1.04. The Hall–Kier alpha value is -1.24. The molecule has 4 nitrogen and oxygen atoms in total. The summed E-state index contributed by atoms with van der Waals surface area (Å²) in [4.78, 5) is 15.3. The van der Waals surface area contributed by atoms with Gasteiger partial charge in [0.15, 0.2) is 0 Å². The summed E-state index contributed by atoms with van der Waals surface area (Å²) in [5.41, 5.74) is 0.687. The first kappa shape index (κ1) is 12.2. The zero-order valence-corrected chi connectivity index (χ0v) is 10.9. The highest BCUT2D eigenvalue weighted by molar-refractivity contribution is 9.10. The maximum atomic E-state index is 11.0. The minimum Gasteiger partial charge on any atom is -0.478 e. The molecule has 2 aromatic rings. The molecule has 6 heteroatoms. The van der Waals surface area contributed by atoms with E-state index in [4.69, 9.17) is 5.11 Å². The van der Waals surface area contributed by atoms with Gasteiger partial charge in [0.1, 0.15) is 6.10 Å². The molecule has 2 aromatic heterocycles. The Morgan fingerprint density at radius 2 is 2.24 bits per heavy atom. The molecule has 2 N–H and O–H groups in total. The highest BCUT2D eigenvalue weighted by Crippen LogP contribution is 2.30. The molecule has 0 fully saturated rings. The number of aliphatic hydroxyl groups is 1. The summed E-state index contributed by atoms with van der Waals surface area (Å²) in [5, 5.41) is 20.7. The van der Waals surface area contributed by atoms with Crippen LogP contribution < -0.4 is 0 Å². The average molecular weight is 314 g/mol. The molecule has 17 heavy (non-hydrogen) atoms. The third-order valence-corrected chi connectivity index (χ3v) is 3.62. The molecule has 0 aliphatic carbocycles. The van der Waals surface area contributed by atoms with Gasteiger partial charge < -0.3 is 10.2 Å². The zero-order valence-electron chi connectivity index (χ0n) is 8.50. The van der Waals surface area contributed by atoms with Gasteiger partial charge in [0.25, 0.3) is 0 Å². The molecule has 0 radical (unpaired) electrons. The molecule has 0 aliphatic heterocycles. The predicted octanol–water partition coefficient (Wildman–Crippen LogP) is 2.69. The van der Waals surface area contributed by atoms with Crippen molar-refractivity contribution >= 4 is 33.2 Å². The fraction of sp³-hybridized carbons (Fsp3) is 0.0909. The molecule has 88 valence electrons. The van der Waals surface area contributed by atoms with Crippen LogP contribution in [0.1, 0.15) is 26.9 Å². The van der Waals surface area contributed by atoms with Gasteiger partial charge in [0.05, 0.1) is 10.4 Å². The fourth-order valence-electron chi connectivity index (χ4n) is 1.44. The summed E-state index contributed by atoms with van der Waals surface area (Å²) in [5.74, 6) is -1.04. The first-order valence-corrected chi connectivity index (χ1v) is 6.36. The van der Waals surface area contributed by atoms with Crippen molar-refractivity contribution in [2.45, 2.75) is 6.10 Å². The van der Waals surface area contributed by atoms with Crippen molar-refractivity contribution in [3.05, 3.63) is 50.4 Å². The summed E-state index contributed by atoms with van der Waals surface area (Å²) < 4.78 is 0.738. The number of aromatic nitrogens is 1. The average Bonchev–Trinajstić information content (AvgIpc) is 2.77. The van der Waals surface area contributed by atoms with Crippen LogP contribution in [-0.2, 0) is 0 Å². The molecule has 2 heterocycles. The van der Waals surface area contributed by atoms with Gasteiger partial charge in [-0.2, -0.15) is 0 Å². The summed E-state index contributed by atoms with van der Waals surface area (Å²) in [7, 11) is 0. The largest absolute Gasteiger partial charge is 0.478 e. The van der Waals surface area contributed by atoms with Crippen LogP contribution in [0.3, 0.4) is 0 Å². The minimum absolute atomic E-state index is 0.127. The van der Waals surface area contributed by atoms with E-state index in [-0.39, 0.29) is 5.56 Å². The molecule has 2 rings (SSSR count). The number of pyridine rings is 1. The smallest absolute Gasteiger partial charge is 0.336 e. The van der Waals surface area contributed by atoms with Crippen LogP contribution >= 0.6 is 27.3 Å². The maximum Gasteiger partial charge on any atom is 0.336 e. The van der Waals surface area contributed by atoms with Gasteiger partial charge in [-0.15, -0.1) is 11.3 Å². The molecule has 0 amide bonds. The van der Waals surface area contributed by atoms with Crippen molar-refractivity contribution < 1.29 is 15.0 Å². The molecule has 0 bridgehead atoms. The molecule has 1 unspecified atom stereocenters. The van der Waals surface area contributed by atoms with Crippen molar-refractivity contribution in [3.8, 4) is 0 Å². The van der Waals surface area contributed by atoms with Crippen LogP contribution in [0.15, 0.2) is 34.4 Å². The summed E-state index contributed by atoms with van der Waals surface area (Å²) in [6.45, 7) is 0. The highest BCUT2D eigenvalue weighted by atomic mass is 79.9. The normalized spacial score (nSPS) is 12.4. The van der Waals surface area contributed by atoms with E-state index in [1.54, 1.807) is 17.6 Å². The van der Waals surface area contributed by atoms with E-state index in [1.807, 2.05) is 0 Å². The third kappa shape index (κ3) is 2.54. The van der Waals surface area contributed by atoms with E-state index in [9.17, 15) is 9.90 Å². The Balaban J connectivity index is 2.40. The Morgan fingerprint density at radius 1 is 1.47 bits per heavy atom. The van der Waals surface area contributed by atoms with Gasteiger partial charge in [0, 0.05) is 22.4 Å². The van der Waals surface area contributed by atoms with Crippen molar-refractivity contribution in [1.29, 1.82) is 0 Å². The topological polar surface area (TPSA) is 70.4 Å². The Labute approximate surface area is 110 Å². The lowest BCUT2D eigenvalue weighted by atomic mass is 10.1. The quantitative estimate of drug-likeness (QED) is 0.914. The monoisotopic (exact) mass is 313 g/mol. The number of aromatic carboxylic acids is 1. The van der Waals surface area contributed by atoms with Crippen molar-refractivity contribution in [2.75, 3.05) is 0 Å². The molecule has 0 spiro atoms. The van der Waals surface area contributed by atoms with E-state index in [1.165, 1.54) is 23.6 Å². The fourth-order valence-corrected chi connectivity index (χ4v) is 2.72. The Kier molecular flexibility index (Phi) is 3.56. The van der Waals surface area contributed by atoms with E-state index in [2.05, 4.69) is 20.9 Å². The standard InChI is InChI=1S/C11H8BrNO3S/c12-7-3-6(4-13-5-7)9(14)10-8(11(15)16)1-2-17-10/h1-5,9,14H,(H,15,16). The maximum absolute atomic E-state index is 11.0. The molecule has 0 aromatic carbocycles. The summed E-state index contributed by atoms with van der Waals surface area (Å²) in [6.07, 6.45) is 2.15. The number of halogens is 1. The molecular formula is C11H8BrNO3S. The van der Waals surface area contributed by atoms with Crippen LogP contribution in [0.2, 0.25) is 0 Å². The molecule has 0 saturated heterocycles. The van der Waals surface area contributed by atoms with E-state index >= 15 is 0 Å².